The maximum absolute atomic E-state index is 11.9. The van der Waals surface area contributed by atoms with E-state index < -0.39 is 5.97 Å². The van der Waals surface area contributed by atoms with Crippen LogP contribution in [-0.2, 0) is 6.54 Å². The highest BCUT2D eigenvalue weighted by molar-refractivity contribution is 14.1. The van der Waals surface area contributed by atoms with Gasteiger partial charge in [0.05, 0.1) is 12.1 Å². The van der Waals surface area contributed by atoms with E-state index in [2.05, 4.69) is 32.9 Å². The first-order valence-corrected chi connectivity index (χ1v) is 7.24. The second-order valence-electron chi connectivity index (χ2n) is 3.59. The molecule has 0 aliphatic carbocycles. The minimum Gasteiger partial charge on any atom is -0.476 e. The second kappa shape index (κ2) is 6.11. The van der Waals surface area contributed by atoms with Gasteiger partial charge < -0.3 is 10.4 Å². The number of aromatic nitrogens is 1. The van der Waals surface area contributed by atoms with Crippen LogP contribution in [0.25, 0.3) is 0 Å². The lowest BCUT2D eigenvalue weighted by molar-refractivity contribution is 0.0691. The Balaban J connectivity index is 2.00. The third-order valence-electron chi connectivity index (χ3n) is 2.29. The van der Waals surface area contributed by atoms with Crippen LogP contribution >= 0.6 is 33.9 Å². The van der Waals surface area contributed by atoms with Crippen LogP contribution < -0.4 is 5.32 Å². The van der Waals surface area contributed by atoms with Gasteiger partial charge in [-0.1, -0.05) is 12.1 Å². The number of carbonyl (C=O) groups is 2. The number of thiazole rings is 1. The lowest BCUT2D eigenvalue weighted by Crippen LogP contribution is -2.23. The van der Waals surface area contributed by atoms with Gasteiger partial charge in [0.15, 0.2) is 5.69 Å². The highest BCUT2D eigenvalue weighted by atomic mass is 127. The Hall–Kier alpha value is -1.48. The number of amides is 1. The van der Waals surface area contributed by atoms with E-state index in [1.54, 1.807) is 12.1 Å². The van der Waals surface area contributed by atoms with E-state index >= 15 is 0 Å². The molecule has 2 rings (SSSR count). The van der Waals surface area contributed by atoms with E-state index in [0.717, 1.165) is 3.57 Å². The predicted molar refractivity (Wildman–Crippen MR) is 79.4 cm³/mol. The Morgan fingerprint density at radius 2 is 2.11 bits per heavy atom. The molecule has 0 saturated carbocycles. The molecule has 5 nitrogen and oxygen atoms in total. The normalized spacial score (nSPS) is 10.2. The minimum atomic E-state index is -1.06. The molecule has 0 aliphatic rings. The van der Waals surface area contributed by atoms with Gasteiger partial charge in [-0.15, -0.1) is 11.3 Å². The van der Waals surface area contributed by atoms with Gasteiger partial charge in [-0.25, -0.2) is 9.78 Å². The van der Waals surface area contributed by atoms with Crippen molar-refractivity contribution in [2.75, 3.05) is 0 Å². The Morgan fingerprint density at radius 1 is 1.37 bits per heavy atom. The third kappa shape index (κ3) is 3.51. The zero-order chi connectivity index (χ0) is 13.8. The molecule has 0 fully saturated rings. The van der Waals surface area contributed by atoms with Crippen molar-refractivity contribution < 1.29 is 14.7 Å². The molecule has 2 N–H and O–H groups in total. The van der Waals surface area contributed by atoms with Gasteiger partial charge in [0.2, 0.25) is 0 Å². The number of carbonyl (C=O) groups excluding carboxylic acids is 1. The van der Waals surface area contributed by atoms with Gasteiger partial charge in [-0.3, -0.25) is 4.79 Å². The predicted octanol–water partition coefficient (Wildman–Crippen LogP) is 2.38. The molecule has 98 valence electrons. The van der Waals surface area contributed by atoms with E-state index in [9.17, 15) is 9.59 Å². The van der Waals surface area contributed by atoms with Crippen molar-refractivity contribution in [3.8, 4) is 0 Å². The molecule has 7 heteroatoms. The summed E-state index contributed by atoms with van der Waals surface area (Å²) in [5.41, 5.74) is 0.599. The maximum atomic E-state index is 11.9. The van der Waals surface area contributed by atoms with Crippen molar-refractivity contribution in [2.24, 2.45) is 0 Å². The van der Waals surface area contributed by atoms with E-state index in [-0.39, 0.29) is 18.1 Å². The van der Waals surface area contributed by atoms with Gasteiger partial charge >= 0.3 is 5.97 Å². The minimum absolute atomic E-state index is 0.00328. The molecule has 0 unspecified atom stereocenters. The summed E-state index contributed by atoms with van der Waals surface area (Å²) in [4.78, 5) is 26.5. The van der Waals surface area contributed by atoms with Gasteiger partial charge in [0.25, 0.3) is 5.91 Å². The topological polar surface area (TPSA) is 79.3 Å². The molecule has 1 aromatic carbocycles. The van der Waals surface area contributed by atoms with Crippen molar-refractivity contribution in [1.29, 1.82) is 0 Å². The molecule has 0 spiro atoms. The fourth-order valence-electron chi connectivity index (χ4n) is 1.39. The highest BCUT2D eigenvalue weighted by Crippen LogP contribution is 2.13. The molecule has 19 heavy (non-hydrogen) atoms. The van der Waals surface area contributed by atoms with Gasteiger partial charge in [-0.2, -0.15) is 0 Å². The first kappa shape index (κ1) is 13.9. The number of carboxylic acid groups (broad SMARTS) is 1. The van der Waals surface area contributed by atoms with Gasteiger partial charge in [-0.05, 0) is 34.7 Å². The smallest absolute Gasteiger partial charge is 0.355 e. The zero-order valence-electron chi connectivity index (χ0n) is 9.59. The van der Waals surface area contributed by atoms with E-state index in [4.69, 9.17) is 5.11 Å². The lowest BCUT2D eigenvalue weighted by Gasteiger charge is -2.04. The fraction of sp³-hybridized carbons (Fsp3) is 0.0833. The molecule has 1 amide bonds. The van der Waals surface area contributed by atoms with E-state index in [1.165, 1.54) is 16.7 Å². The van der Waals surface area contributed by atoms with Gasteiger partial charge in [0.1, 0.15) is 5.01 Å². The summed E-state index contributed by atoms with van der Waals surface area (Å²) in [6.45, 7) is 0.224. The Kier molecular flexibility index (Phi) is 4.48. The Bertz CT molecular complexity index is 627. The largest absolute Gasteiger partial charge is 0.476 e. The number of benzene rings is 1. The fourth-order valence-corrected chi connectivity index (χ4v) is 2.73. The van der Waals surface area contributed by atoms with Crippen LogP contribution in [0.3, 0.4) is 0 Å². The summed E-state index contributed by atoms with van der Waals surface area (Å²) in [6, 6.07) is 7.24. The molecule has 2 aromatic rings. The van der Waals surface area contributed by atoms with Crippen molar-refractivity contribution in [2.45, 2.75) is 6.54 Å². The maximum Gasteiger partial charge on any atom is 0.355 e. The number of hydrogen-bond acceptors (Lipinski definition) is 4. The second-order valence-corrected chi connectivity index (χ2v) is 5.70. The van der Waals surface area contributed by atoms with Crippen LogP contribution in [0.15, 0.2) is 29.6 Å². The van der Waals surface area contributed by atoms with Crippen LogP contribution in [0.1, 0.15) is 25.9 Å². The first-order valence-electron chi connectivity index (χ1n) is 5.28. The Labute approximate surface area is 126 Å². The summed E-state index contributed by atoms with van der Waals surface area (Å²) in [5.74, 6) is -1.26. The number of halogens is 1. The number of hydrogen-bond donors (Lipinski definition) is 2. The van der Waals surface area contributed by atoms with E-state index in [0.29, 0.717) is 10.6 Å². The summed E-state index contributed by atoms with van der Waals surface area (Å²) in [5, 5.41) is 13.5. The number of nitrogens with one attached hydrogen (secondary N) is 1. The molecule has 0 aliphatic heterocycles. The summed E-state index contributed by atoms with van der Waals surface area (Å²) in [6.07, 6.45) is 0. The monoisotopic (exact) mass is 388 g/mol. The van der Waals surface area contributed by atoms with Gasteiger partial charge in [0, 0.05) is 8.95 Å². The summed E-state index contributed by atoms with van der Waals surface area (Å²) in [7, 11) is 0. The molecule has 0 bridgehead atoms. The van der Waals surface area contributed by atoms with Crippen LogP contribution in [0.4, 0.5) is 0 Å². The molecule has 1 heterocycles. The average Bonchev–Trinajstić information content (AvgIpc) is 2.85. The highest BCUT2D eigenvalue weighted by Gasteiger charge is 2.11. The van der Waals surface area contributed by atoms with Crippen molar-refractivity contribution >= 4 is 45.8 Å². The number of carboxylic acids is 1. The third-order valence-corrected chi connectivity index (χ3v) is 4.08. The van der Waals surface area contributed by atoms with Crippen molar-refractivity contribution in [3.05, 3.63) is 49.5 Å². The standard InChI is InChI=1S/C12H9IN2O3S/c13-8-4-2-1-3-7(8)11(16)14-5-10-15-9(6-19-10)12(17)18/h1-4,6H,5H2,(H,14,16)(H,17,18). The van der Waals surface area contributed by atoms with Crippen molar-refractivity contribution in [3.63, 3.8) is 0 Å². The van der Waals surface area contributed by atoms with Crippen LogP contribution in [0, 0.1) is 3.57 Å². The molecule has 0 atom stereocenters. The number of aromatic carboxylic acids is 1. The quantitative estimate of drug-likeness (QED) is 0.789. The van der Waals surface area contributed by atoms with Crippen LogP contribution in [0.5, 0.6) is 0 Å². The molecular weight excluding hydrogens is 379 g/mol. The molecule has 0 radical (unpaired) electrons. The number of nitrogens with zero attached hydrogens (tertiary/aromatic N) is 1. The van der Waals surface area contributed by atoms with Crippen LogP contribution in [0.2, 0.25) is 0 Å². The molecular formula is C12H9IN2O3S. The molecule has 1 aromatic heterocycles. The summed E-state index contributed by atoms with van der Waals surface area (Å²) >= 11 is 3.30. The first-order chi connectivity index (χ1) is 9.08. The van der Waals surface area contributed by atoms with E-state index in [1.807, 2.05) is 12.1 Å². The zero-order valence-corrected chi connectivity index (χ0v) is 12.6. The molecule has 0 saturated heterocycles. The Morgan fingerprint density at radius 3 is 2.74 bits per heavy atom. The number of rotatable bonds is 4. The summed E-state index contributed by atoms with van der Waals surface area (Å²) < 4.78 is 0.864. The van der Waals surface area contributed by atoms with Crippen molar-refractivity contribution in [1.82, 2.24) is 10.3 Å². The SMILES string of the molecule is O=C(O)c1csc(CNC(=O)c2ccccc2I)n1. The average molecular weight is 388 g/mol. The van der Waals surface area contributed by atoms with Crippen LogP contribution in [-0.4, -0.2) is 22.0 Å². The lowest BCUT2D eigenvalue weighted by atomic mass is 10.2.